The Morgan fingerprint density at radius 2 is 1.89 bits per heavy atom. The second-order valence-corrected chi connectivity index (χ2v) is 8.23. The number of hydrogen-bond donors (Lipinski definition) is 1. The number of pyridine rings is 1. The lowest BCUT2D eigenvalue weighted by molar-refractivity contribution is 0.224. The van der Waals surface area contributed by atoms with E-state index in [0.717, 1.165) is 32.5 Å². The molecular formula is C21H15Cl2NO2S. The Bertz CT molecular complexity index is 1130. The molecule has 2 heterocycles. The van der Waals surface area contributed by atoms with E-state index >= 15 is 0 Å². The van der Waals surface area contributed by atoms with Crippen LogP contribution < -0.4 is 4.74 Å². The van der Waals surface area contributed by atoms with Gasteiger partial charge < -0.3 is 9.84 Å². The summed E-state index contributed by atoms with van der Waals surface area (Å²) >= 11 is 13.6. The second-order valence-electron chi connectivity index (χ2n) is 6.04. The predicted octanol–water partition coefficient (Wildman–Crippen LogP) is 6.36. The summed E-state index contributed by atoms with van der Waals surface area (Å²) in [5.41, 5.74) is 3.46. The SMILES string of the molecule is COc1cc(-c2cccc(Cl)c2)c2cc(C(O)c3ccc(Cl)s3)ccc2n1. The van der Waals surface area contributed by atoms with Crippen LogP contribution in [0.3, 0.4) is 0 Å². The zero-order valence-electron chi connectivity index (χ0n) is 14.3. The van der Waals surface area contributed by atoms with Crippen LogP contribution in [0.15, 0.2) is 60.7 Å². The Labute approximate surface area is 170 Å². The number of thiophene rings is 1. The molecule has 0 fully saturated rings. The lowest BCUT2D eigenvalue weighted by Crippen LogP contribution is -1.98. The molecule has 0 aliphatic carbocycles. The third-order valence-corrected chi connectivity index (χ3v) is 5.85. The highest BCUT2D eigenvalue weighted by Gasteiger charge is 2.16. The summed E-state index contributed by atoms with van der Waals surface area (Å²) in [5.74, 6) is 0.524. The van der Waals surface area contributed by atoms with Crippen molar-refractivity contribution >= 4 is 45.4 Å². The molecule has 0 bridgehead atoms. The van der Waals surface area contributed by atoms with E-state index in [-0.39, 0.29) is 0 Å². The number of aliphatic hydroxyl groups excluding tert-OH is 1. The van der Waals surface area contributed by atoms with Gasteiger partial charge in [-0.2, -0.15) is 0 Å². The number of benzene rings is 2. The van der Waals surface area contributed by atoms with Crippen LogP contribution in [0.2, 0.25) is 9.36 Å². The highest BCUT2D eigenvalue weighted by atomic mass is 35.5. The van der Waals surface area contributed by atoms with Crippen LogP contribution in [0.5, 0.6) is 5.88 Å². The number of methoxy groups -OCH3 is 1. The fourth-order valence-electron chi connectivity index (χ4n) is 3.03. The van der Waals surface area contributed by atoms with Gasteiger partial charge in [0.05, 0.1) is 17.0 Å². The average Bonchev–Trinajstić information content (AvgIpc) is 3.12. The molecular weight excluding hydrogens is 401 g/mol. The van der Waals surface area contributed by atoms with Gasteiger partial charge in [-0.3, -0.25) is 0 Å². The van der Waals surface area contributed by atoms with Gasteiger partial charge >= 0.3 is 0 Å². The first-order chi connectivity index (χ1) is 13.0. The second kappa shape index (κ2) is 7.49. The number of hydrogen-bond acceptors (Lipinski definition) is 4. The standard InChI is InChI=1S/C21H15Cl2NO2S/c1-26-20-11-15(12-3-2-4-14(22)9-12)16-10-13(5-6-17(16)24-20)21(25)18-7-8-19(23)27-18/h2-11,21,25H,1H3. The van der Waals surface area contributed by atoms with Crippen molar-refractivity contribution in [3.05, 3.63) is 80.5 Å². The van der Waals surface area contributed by atoms with Crippen molar-refractivity contribution in [2.24, 2.45) is 0 Å². The third kappa shape index (κ3) is 3.66. The predicted molar refractivity (Wildman–Crippen MR) is 112 cm³/mol. The number of nitrogens with zero attached hydrogens (tertiary/aromatic N) is 1. The largest absolute Gasteiger partial charge is 0.481 e. The minimum Gasteiger partial charge on any atom is -0.481 e. The maximum atomic E-state index is 10.8. The molecule has 1 atom stereocenters. The minimum absolute atomic E-state index is 0.524. The van der Waals surface area contributed by atoms with Crippen molar-refractivity contribution < 1.29 is 9.84 Å². The average molecular weight is 416 g/mol. The molecule has 0 radical (unpaired) electrons. The van der Waals surface area contributed by atoms with Crippen LogP contribution in [-0.4, -0.2) is 17.2 Å². The summed E-state index contributed by atoms with van der Waals surface area (Å²) in [5, 5.41) is 12.3. The molecule has 0 amide bonds. The lowest BCUT2D eigenvalue weighted by atomic mass is 9.98. The zero-order chi connectivity index (χ0) is 19.0. The summed E-state index contributed by atoms with van der Waals surface area (Å²) in [6.45, 7) is 0. The van der Waals surface area contributed by atoms with Crippen molar-refractivity contribution in [3.63, 3.8) is 0 Å². The molecule has 27 heavy (non-hydrogen) atoms. The van der Waals surface area contributed by atoms with Crippen LogP contribution in [0.1, 0.15) is 16.5 Å². The van der Waals surface area contributed by atoms with Gasteiger partial charge in [0, 0.05) is 21.4 Å². The van der Waals surface area contributed by atoms with Crippen molar-refractivity contribution in [1.29, 1.82) is 0 Å². The maximum absolute atomic E-state index is 10.8. The van der Waals surface area contributed by atoms with E-state index in [4.69, 9.17) is 27.9 Å². The highest BCUT2D eigenvalue weighted by Crippen LogP contribution is 2.36. The van der Waals surface area contributed by atoms with Gasteiger partial charge in [-0.25, -0.2) is 4.98 Å². The lowest BCUT2D eigenvalue weighted by Gasteiger charge is -2.13. The monoisotopic (exact) mass is 415 g/mol. The summed E-state index contributed by atoms with van der Waals surface area (Å²) in [6, 6.07) is 18.9. The Hall–Kier alpha value is -2.11. The molecule has 0 spiro atoms. The summed E-state index contributed by atoms with van der Waals surface area (Å²) in [6.07, 6.45) is -0.749. The Morgan fingerprint density at radius 3 is 2.59 bits per heavy atom. The molecule has 0 aliphatic rings. The maximum Gasteiger partial charge on any atom is 0.214 e. The van der Waals surface area contributed by atoms with E-state index in [1.165, 1.54) is 11.3 Å². The fourth-order valence-corrected chi connectivity index (χ4v) is 4.29. The number of rotatable bonds is 4. The van der Waals surface area contributed by atoms with Crippen LogP contribution in [-0.2, 0) is 0 Å². The van der Waals surface area contributed by atoms with Gasteiger partial charge in [-0.15, -0.1) is 11.3 Å². The minimum atomic E-state index is -0.749. The Morgan fingerprint density at radius 1 is 1.04 bits per heavy atom. The smallest absolute Gasteiger partial charge is 0.214 e. The molecule has 1 N–H and O–H groups in total. The highest BCUT2D eigenvalue weighted by molar-refractivity contribution is 7.16. The van der Waals surface area contributed by atoms with E-state index in [1.807, 2.05) is 54.6 Å². The van der Waals surface area contributed by atoms with Gasteiger partial charge in [0.25, 0.3) is 0 Å². The summed E-state index contributed by atoms with van der Waals surface area (Å²) < 4.78 is 6.01. The molecule has 136 valence electrons. The van der Waals surface area contributed by atoms with Crippen LogP contribution >= 0.6 is 34.5 Å². The Balaban J connectivity index is 1.90. The molecule has 2 aromatic carbocycles. The van der Waals surface area contributed by atoms with Crippen LogP contribution in [0.25, 0.3) is 22.0 Å². The van der Waals surface area contributed by atoms with E-state index in [0.29, 0.717) is 15.2 Å². The molecule has 0 aliphatic heterocycles. The quantitative estimate of drug-likeness (QED) is 0.421. The molecule has 3 nitrogen and oxygen atoms in total. The van der Waals surface area contributed by atoms with Crippen molar-refractivity contribution in [1.82, 2.24) is 4.98 Å². The van der Waals surface area contributed by atoms with Gasteiger partial charge in [0.2, 0.25) is 5.88 Å². The van der Waals surface area contributed by atoms with Gasteiger partial charge in [0.15, 0.2) is 0 Å². The van der Waals surface area contributed by atoms with Crippen molar-refractivity contribution in [3.8, 4) is 17.0 Å². The third-order valence-electron chi connectivity index (χ3n) is 4.33. The topological polar surface area (TPSA) is 42.4 Å². The number of halogens is 2. The van der Waals surface area contributed by atoms with Crippen molar-refractivity contribution in [2.75, 3.05) is 7.11 Å². The fraction of sp³-hybridized carbons (Fsp3) is 0.0952. The van der Waals surface area contributed by atoms with E-state index in [1.54, 1.807) is 13.2 Å². The summed E-state index contributed by atoms with van der Waals surface area (Å²) in [7, 11) is 1.59. The van der Waals surface area contributed by atoms with Crippen molar-refractivity contribution in [2.45, 2.75) is 6.10 Å². The number of aliphatic hydroxyl groups is 1. The molecule has 1 unspecified atom stereocenters. The molecule has 4 rings (SSSR count). The summed E-state index contributed by atoms with van der Waals surface area (Å²) in [4.78, 5) is 5.32. The van der Waals surface area contributed by atoms with E-state index < -0.39 is 6.10 Å². The molecule has 6 heteroatoms. The molecule has 0 saturated carbocycles. The zero-order valence-corrected chi connectivity index (χ0v) is 16.6. The first kappa shape index (κ1) is 18.3. The first-order valence-corrected chi connectivity index (χ1v) is 9.80. The molecule has 4 aromatic rings. The first-order valence-electron chi connectivity index (χ1n) is 8.23. The molecule has 2 aromatic heterocycles. The van der Waals surface area contributed by atoms with Gasteiger partial charge in [-0.05, 0) is 53.1 Å². The normalized spacial score (nSPS) is 12.3. The number of aromatic nitrogens is 1. The number of ether oxygens (including phenoxy) is 1. The number of fused-ring (bicyclic) bond motifs is 1. The Kier molecular flexibility index (Phi) is 5.06. The van der Waals surface area contributed by atoms with E-state index in [9.17, 15) is 5.11 Å². The van der Waals surface area contributed by atoms with Gasteiger partial charge in [-0.1, -0.05) is 41.4 Å². The van der Waals surface area contributed by atoms with Crippen LogP contribution in [0, 0.1) is 0 Å². The van der Waals surface area contributed by atoms with Crippen LogP contribution in [0.4, 0.5) is 0 Å². The molecule has 0 saturated heterocycles. The van der Waals surface area contributed by atoms with Gasteiger partial charge in [0.1, 0.15) is 6.10 Å². The van der Waals surface area contributed by atoms with E-state index in [2.05, 4.69) is 4.98 Å².